The largest absolute Gasteiger partial charge is 0.326 e. The number of hydrogen-bond donors (Lipinski definition) is 1. The van der Waals surface area contributed by atoms with E-state index in [4.69, 9.17) is 0 Å². The average Bonchev–Trinajstić information content (AvgIpc) is 2.38. The standard InChI is InChI=1S/C17H15NO/c1-11-5-3-6-14-13(11)9-10-16-15(14)7-4-8-17(16)18-12(2)19/h3-10H,1-2H3,(H,18,19). The molecular weight excluding hydrogens is 234 g/mol. The molecule has 0 spiro atoms. The highest BCUT2D eigenvalue weighted by molar-refractivity contribution is 6.13. The minimum absolute atomic E-state index is 0.0446. The molecule has 2 heteroatoms. The molecular formula is C17H15NO. The molecule has 0 unspecified atom stereocenters. The van der Waals surface area contributed by atoms with Crippen LogP contribution in [0.25, 0.3) is 21.5 Å². The van der Waals surface area contributed by atoms with Gasteiger partial charge in [-0.15, -0.1) is 0 Å². The summed E-state index contributed by atoms with van der Waals surface area (Å²) in [5, 5.41) is 7.63. The molecule has 1 amide bonds. The first-order chi connectivity index (χ1) is 9.16. The van der Waals surface area contributed by atoms with Gasteiger partial charge in [0.2, 0.25) is 5.91 Å². The lowest BCUT2D eigenvalue weighted by Crippen LogP contribution is -2.05. The fraction of sp³-hybridized carbons (Fsp3) is 0.118. The van der Waals surface area contributed by atoms with E-state index in [2.05, 4.69) is 48.6 Å². The van der Waals surface area contributed by atoms with E-state index in [0.29, 0.717) is 0 Å². The van der Waals surface area contributed by atoms with Crippen molar-refractivity contribution in [3.8, 4) is 0 Å². The van der Waals surface area contributed by atoms with Crippen molar-refractivity contribution >= 4 is 33.1 Å². The minimum atomic E-state index is -0.0446. The maximum absolute atomic E-state index is 11.3. The number of carbonyl (C=O) groups is 1. The Hall–Kier alpha value is -2.35. The molecule has 0 fully saturated rings. The molecule has 0 bridgehead atoms. The molecule has 19 heavy (non-hydrogen) atoms. The molecule has 3 rings (SSSR count). The zero-order valence-electron chi connectivity index (χ0n) is 11.0. The van der Waals surface area contributed by atoms with Gasteiger partial charge in [-0.3, -0.25) is 4.79 Å². The number of benzene rings is 3. The number of anilines is 1. The van der Waals surface area contributed by atoms with E-state index >= 15 is 0 Å². The number of fused-ring (bicyclic) bond motifs is 3. The van der Waals surface area contributed by atoms with Crippen molar-refractivity contribution in [1.29, 1.82) is 0 Å². The molecule has 3 aromatic rings. The van der Waals surface area contributed by atoms with Crippen molar-refractivity contribution in [2.45, 2.75) is 13.8 Å². The van der Waals surface area contributed by atoms with Gasteiger partial charge in [0.15, 0.2) is 0 Å². The van der Waals surface area contributed by atoms with Crippen LogP contribution in [0.15, 0.2) is 48.5 Å². The summed E-state index contributed by atoms with van der Waals surface area (Å²) in [7, 11) is 0. The Labute approximate surface area is 112 Å². The number of rotatable bonds is 1. The van der Waals surface area contributed by atoms with Gasteiger partial charge in [-0.05, 0) is 34.7 Å². The van der Waals surface area contributed by atoms with E-state index in [9.17, 15) is 4.79 Å². The molecule has 0 radical (unpaired) electrons. The highest BCUT2D eigenvalue weighted by Gasteiger charge is 2.06. The Balaban J connectivity index is 2.38. The normalized spacial score (nSPS) is 10.8. The summed E-state index contributed by atoms with van der Waals surface area (Å²) in [4.78, 5) is 11.3. The Morgan fingerprint density at radius 2 is 1.47 bits per heavy atom. The third-order valence-electron chi connectivity index (χ3n) is 3.45. The van der Waals surface area contributed by atoms with Gasteiger partial charge in [0.25, 0.3) is 0 Å². The Bertz CT molecular complexity index is 790. The van der Waals surface area contributed by atoms with E-state index in [1.807, 2.05) is 12.1 Å². The minimum Gasteiger partial charge on any atom is -0.326 e. The maximum Gasteiger partial charge on any atom is 0.221 e. The van der Waals surface area contributed by atoms with Crippen LogP contribution in [0, 0.1) is 6.92 Å². The zero-order valence-corrected chi connectivity index (χ0v) is 11.0. The zero-order chi connectivity index (χ0) is 13.4. The van der Waals surface area contributed by atoms with Gasteiger partial charge < -0.3 is 5.32 Å². The fourth-order valence-corrected chi connectivity index (χ4v) is 2.58. The van der Waals surface area contributed by atoms with E-state index < -0.39 is 0 Å². The predicted octanol–water partition coefficient (Wildman–Crippen LogP) is 4.26. The first kappa shape index (κ1) is 11.7. The Morgan fingerprint density at radius 3 is 2.21 bits per heavy atom. The first-order valence-electron chi connectivity index (χ1n) is 6.35. The number of hydrogen-bond acceptors (Lipinski definition) is 1. The van der Waals surface area contributed by atoms with Gasteiger partial charge in [0, 0.05) is 18.0 Å². The van der Waals surface area contributed by atoms with Crippen molar-refractivity contribution < 1.29 is 4.79 Å². The summed E-state index contributed by atoms with van der Waals surface area (Å²) in [5.41, 5.74) is 2.14. The molecule has 2 nitrogen and oxygen atoms in total. The van der Waals surface area contributed by atoms with Crippen molar-refractivity contribution in [1.82, 2.24) is 0 Å². The molecule has 0 heterocycles. The molecule has 0 saturated heterocycles. The molecule has 0 atom stereocenters. The van der Waals surface area contributed by atoms with Crippen LogP contribution in [0.4, 0.5) is 5.69 Å². The lowest BCUT2D eigenvalue weighted by atomic mass is 9.98. The van der Waals surface area contributed by atoms with E-state index in [1.54, 1.807) is 0 Å². The van der Waals surface area contributed by atoms with Gasteiger partial charge in [-0.2, -0.15) is 0 Å². The average molecular weight is 249 g/mol. The molecule has 94 valence electrons. The smallest absolute Gasteiger partial charge is 0.221 e. The lowest BCUT2D eigenvalue weighted by Gasteiger charge is -2.10. The number of carbonyl (C=O) groups excluding carboxylic acids is 1. The molecule has 1 N–H and O–H groups in total. The van der Waals surface area contributed by atoms with Gasteiger partial charge >= 0.3 is 0 Å². The second-order valence-electron chi connectivity index (χ2n) is 4.82. The van der Waals surface area contributed by atoms with Crippen LogP contribution in [0.3, 0.4) is 0 Å². The van der Waals surface area contributed by atoms with Crippen molar-refractivity contribution in [2.75, 3.05) is 5.32 Å². The molecule has 0 aliphatic rings. The summed E-state index contributed by atoms with van der Waals surface area (Å²) < 4.78 is 0. The monoisotopic (exact) mass is 249 g/mol. The SMILES string of the molecule is CC(=O)Nc1cccc2c1ccc1c(C)cccc12. The molecule has 0 aliphatic carbocycles. The van der Waals surface area contributed by atoms with Gasteiger partial charge in [0.05, 0.1) is 0 Å². The van der Waals surface area contributed by atoms with Crippen LogP contribution >= 0.6 is 0 Å². The second kappa shape index (κ2) is 4.39. The number of nitrogens with one attached hydrogen (secondary N) is 1. The van der Waals surface area contributed by atoms with Gasteiger partial charge in [0.1, 0.15) is 0 Å². The maximum atomic E-state index is 11.3. The van der Waals surface area contributed by atoms with Crippen LogP contribution < -0.4 is 5.32 Å². The fourth-order valence-electron chi connectivity index (χ4n) is 2.58. The number of aryl methyl sites for hydroxylation is 1. The Morgan fingerprint density at radius 1 is 0.842 bits per heavy atom. The highest BCUT2D eigenvalue weighted by atomic mass is 16.1. The number of amides is 1. The summed E-state index contributed by atoms with van der Waals surface area (Å²) >= 11 is 0. The topological polar surface area (TPSA) is 29.1 Å². The third-order valence-corrected chi connectivity index (χ3v) is 3.45. The van der Waals surface area contributed by atoms with Gasteiger partial charge in [-0.25, -0.2) is 0 Å². The van der Waals surface area contributed by atoms with E-state index in [-0.39, 0.29) is 5.91 Å². The quantitative estimate of drug-likeness (QED) is 0.641. The van der Waals surface area contributed by atoms with Crippen LogP contribution in [-0.2, 0) is 4.79 Å². The van der Waals surface area contributed by atoms with E-state index in [0.717, 1.165) is 11.1 Å². The van der Waals surface area contributed by atoms with Gasteiger partial charge in [-0.1, -0.05) is 42.5 Å². The predicted molar refractivity (Wildman–Crippen MR) is 80.5 cm³/mol. The van der Waals surface area contributed by atoms with E-state index in [1.165, 1.54) is 28.6 Å². The van der Waals surface area contributed by atoms with Crippen molar-refractivity contribution in [3.05, 3.63) is 54.1 Å². The molecule has 0 saturated carbocycles. The van der Waals surface area contributed by atoms with Crippen molar-refractivity contribution in [2.24, 2.45) is 0 Å². The summed E-state index contributed by atoms with van der Waals surface area (Å²) in [6, 6.07) is 16.5. The van der Waals surface area contributed by atoms with Crippen LogP contribution in [-0.4, -0.2) is 5.91 Å². The lowest BCUT2D eigenvalue weighted by molar-refractivity contribution is -0.114. The summed E-state index contributed by atoms with van der Waals surface area (Å²) in [5.74, 6) is -0.0446. The second-order valence-corrected chi connectivity index (χ2v) is 4.82. The molecule has 0 aliphatic heterocycles. The van der Waals surface area contributed by atoms with Crippen LogP contribution in [0.5, 0.6) is 0 Å². The highest BCUT2D eigenvalue weighted by Crippen LogP contribution is 2.31. The first-order valence-corrected chi connectivity index (χ1v) is 6.35. The molecule has 0 aromatic heterocycles. The Kier molecular flexibility index (Phi) is 2.71. The van der Waals surface area contributed by atoms with Crippen LogP contribution in [0.1, 0.15) is 12.5 Å². The van der Waals surface area contributed by atoms with Crippen molar-refractivity contribution in [3.63, 3.8) is 0 Å². The summed E-state index contributed by atoms with van der Waals surface area (Å²) in [6.07, 6.45) is 0. The summed E-state index contributed by atoms with van der Waals surface area (Å²) in [6.45, 7) is 3.65. The molecule has 3 aromatic carbocycles. The van der Waals surface area contributed by atoms with Crippen LogP contribution in [0.2, 0.25) is 0 Å². The third kappa shape index (κ3) is 1.95.